The van der Waals surface area contributed by atoms with E-state index in [1.165, 1.54) is 31.5 Å². The highest BCUT2D eigenvalue weighted by molar-refractivity contribution is 5.50. The first-order valence-corrected chi connectivity index (χ1v) is 6.61. The molecule has 94 valence electrons. The molecule has 0 aromatic heterocycles. The Morgan fingerprint density at radius 2 is 2.00 bits per heavy atom. The number of ether oxygens (including phenoxy) is 1. The minimum absolute atomic E-state index is 0.725. The van der Waals surface area contributed by atoms with Crippen molar-refractivity contribution in [2.75, 3.05) is 18.6 Å². The molecule has 1 fully saturated rings. The molecule has 2 heteroatoms. The van der Waals surface area contributed by atoms with Gasteiger partial charge in [0.15, 0.2) is 0 Å². The second-order valence-electron chi connectivity index (χ2n) is 5.32. The van der Waals surface area contributed by atoms with Crippen molar-refractivity contribution in [3.63, 3.8) is 0 Å². The molecule has 0 aliphatic carbocycles. The Balaban J connectivity index is 2.08. The van der Waals surface area contributed by atoms with Gasteiger partial charge >= 0.3 is 0 Å². The Morgan fingerprint density at radius 1 is 1.29 bits per heavy atom. The molecule has 1 aromatic rings. The molecule has 1 saturated heterocycles. The number of rotatable bonds is 4. The Hall–Kier alpha value is -1.18. The molecule has 0 saturated carbocycles. The van der Waals surface area contributed by atoms with Crippen LogP contribution in [-0.4, -0.2) is 19.7 Å². The number of hydrogen-bond acceptors (Lipinski definition) is 2. The molecule has 0 N–H and O–H groups in total. The van der Waals surface area contributed by atoms with E-state index in [-0.39, 0.29) is 0 Å². The van der Waals surface area contributed by atoms with Gasteiger partial charge in [0.2, 0.25) is 0 Å². The molecule has 1 heterocycles. The van der Waals surface area contributed by atoms with Gasteiger partial charge in [0, 0.05) is 18.3 Å². The van der Waals surface area contributed by atoms with Crippen LogP contribution < -0.4 is 9.64 Å². The number of hydrogen-bond donors (Lipinski definition) is 0. The van der Waals surface area contributed by atoms with Crippen LogP contribution in [-0.2, 0) is 0 Å². The van der Waals surface area contributed by atoms with E-state index < -0.39 is 0 Å². The van der Waals surface area contributed by atoms with Crippen LogP contribution in [0.2, 0.25) is 0 Å². The quantitative estimate of drug-likeness (QED) is 0.786. The summed E-state index contributed by atoms with van der Waals surface area (Å²) in [5, 5.41) is 0. The third-order valence-electron chi connectivity index (χ3n) is 3.52. The zero-order chi connectivity index (χ0) is 12.3. The van der Waals surface area contributed by atoms with Crippen LogP contribution in [0.1, 0.15) is 33.1 Å². The fraction of sp³-hybridized carbons (Fsp3) is 0.600. The number of anilines is 1. The highest BCUT2D eigenvalue weighted by Gasteiger charge is 2.25. The summed E-state index contributed by atoms with van der Waals surface area (Å²) in [7, 11) is 1.71. The molecule has 2 rings (SSSR count). The topological polar surface area (TPSA) is 12.5 Å². The first-order chi connectivity index (χ1) is 8.20. The lowest BCUT2D eigenvalue weighted by atomic mass is 10.0. The average Bonchev–Trinajstić information content (AvgIpc) is 2.76. The lowest BCUT2D eigenvalue weighted by Gasteiger charge is -2.28. The maximum atomic E-state index is 5.20. The Kier molecular flexibility index (Phi) is 3.93. The van der Waals surface area contributed by atoms with Crippen LogP contribution in [0.15, 0.2) is 24.3 Å². The Labute approximate surface area is 105 Å². The van der Waals surface area contributed by atoms with Crippen molar-refractivity contribution >= 4 is 5.69 Å². The van der Waals surface area contributed by atoms with E-state index >= 15 is 0 Å². The molecule has 0 bridgehead atoms. The fourth-order valence-electron chi connectivity index (χ4n) is 2.74. The van der Waals surface area contributed by atoms with Gasteiger partial charge in [-0.25, -0.2) is 0 Å². The smallest absolute Gasteiger partial charge is 0.119 e. The first-order valence-electron chi connectivity index (χ1n) is 6.61. The van der Waals surface area contributed by atoms with Gasteiger partial charge in [0.05, 0.1) is 7.11 Å². The third kappa shape index (κ3) is 2.93. The number of nitrogens with zero attached hydrogens (tertiary/aromatic N) is 1. The van der Waals surface area contributed by atoms with Crippen LogP contribution >= 0.6 is 0 Å². The van der Waals surface area contributed by atoms with Gasteiger partial charge in [-0.15, -0.1) is 0 Å². The largest absolute Gasteiger partial charge is 0.497 e. The SMILES string of the molecule is COc1ccc(N2CCCC2CC(C)C)cc1. The number of benzene rings is 1. The standard InChI is InChI=1S/C15H23NO/c1-12(2)11-14-5-4-10-16(14)13-6-8-15(17-3)9-7-13/h6-9,12,14H,4-5,10-11H2,1-3H3. The van der Waals surface area contributed by atoms with Crippen LogP contribution in [0.5, 0.6) is 5.75 Å². The molecule has 1 aliphatic heterocycles. The van der Waals surface area contributed by atoms with Crippen molar-refractivity contribution < 1.29 is 4.74 Å². The Morgan fingerprint density at radius 3 is 2.59 bits per heavy atom. The molecular weight excluding hydrogens is 210 g/mol. The van der Waals surface area contributed by atoms with E-state index in [9.17, 15) is 0 Å². The van der Waals surface area contributed by atoms with Gasteiger partial charge in [-0.05, 0) is 49.4 Å². The van der Waals surface area contributed by atoms with Gasteiger partial charge in [0.25, 0.3) is 0 Å². The van der Waals surface area contributed by atoms with Crippen LogP contribution in [0.3, 0.4) is 0 Å². The van der Waals surface area contributed by atoms with Crippen molar-refractivity contribution in [2.24, 2.45) is 5.92 Å². The summed E-state index contributed by atoms with van der Waals surface area (Å²) in [5.74, 6) is 1.72. The lowest BCUT2D eigenvalue weighted by molar-refractivity contribution is 0.414. The second kappa shape index (κ2) is 5.44. The molecular formula is C15H23NO. The maximum absolute atomic E-state index is 5.20. The van der Waals surface area contributed by atoms with Crippen LogP contribution in [0.4, 0.5) is 5.69 Å². The highest BCUT2D eigenvalue weighted by atomic mass is 16.5. The monoisotopic (exact) mass is 233 g/mol. The Bertz CT molecular complexity index is 344. The highest BCUT2D eigenvalue weighted by Crippen LogP contribution is 2.30. The summed E-state index contributed by atoms with van der Waals surface area (Å²) < 4.78 is 5.20. The van der Waals surface area contributed by atoms with Gasteiger partial charge in [-0.2, -0.15) is 0 Å². The molecule has 0 spiro atoms. The van der Waals surface area contributed by atoms with E-state index in [1.54, 1.807) is 7.11 Å². The predicted octanol–water partition coefficient (Wildman–Crippen LogP) is 3.71. The molecule has 1 unspecified atom stereocenters. The molecule has 1 atom stereocenters. The van der Waals surface area contributed by atoms with Crippen LogP contribution in [0, 0.1) is 5.92 Å². The van der Waals surface area contributed by atoms with Crippen molar-refractivity contribution in [3.8, 4) is 5.75 Å². The van der Waals surface area contributed by atoms with Crippen molar-refractivity contribution in [3.05, 3.63) is 24.3 Å². The van der Waals surface area contributed by atoms with Gasteiger partial charge in [0.1, 0.15) is 5.75 Å². The predicted molar refractivity (Wildman–Crippen MR) is 72.8 cm³/mol. The summed E-state index contributed by atoms with van der Waals surface area (Å²) in [6.45, 7) is 5.82. The van der Waals surface area contributed by atoms with Crippen molar-refractivity contribution in [1.82, 2.24) is 0 Å². The summed E-state index contributed by atoms with van der Waals surface area (Å²) in [6.07, 6.45) is 3.96. The van der Waals surface area contributed by atoms with E-state index in [1.807, 2.05) is 0 Å². The number of methoxy groups -OCH3 is 1. The lowest BCUT2D eigenvalue weighted by Crippen LogP contribution is -2.30. The second-order valence-corrected chi connectivity index (χ2v) is 5.32. The van der Waals surface area contributed by atoms with E-state index in [4.69, 9.17) is 4.74 Å². The van der Waals surface area contributed by atoms with Crippen molar-refractivity contribution in [2.45, 2.75) is 39.2 Å². The fourth-order valence-corrected chi connectivity index (χ4v) is 2.74. The maximum Gasteiger partial charge on any atom is 0.119 e. The summed E-state index contributed by atoms with van der Waals surface area (Å²) >= 11 is 0. The van der Waals surface area contributed by atoms with Crippen molar-refractivity contribution in [1.29, 1.82) is 0 Å². The molecule has 0 amide bonds. The van der Waals surface area contributed by atoms with E-state index in [0.717, 1.165) is 17.7 Å². The third-order valence-corrected chi connectivity index (χ3v) is 3.52. The minimum Gasteiger partial charge on any atom is -0.497 e. The molecule has 0 radical (unpaired) electrons. The van der Waals surface area contributed by atoms with E-state index in [2.05, 4.69) is 43.0 Å². The minimum atomic E-state index is 0.725. The zero-order valence-electron chi connectivity index (χ0n) is 11.1. The molecule has 1 aliphatic rings. The summed E-state index contributed by atoms with van der Waals surface area (Å²) in [4.78, 5) is 2.55. The van der Waals surface area contributed by atoms with Gasteiger partial charge in [-0.3, -0.25) is 0 Å². The average molecular weight is 233 g/mol. The zero-order valence-corrected chi connectivity index (χ0v) is 11.1. The van der Waals surface area contributed by atoms with E-state index in [0.29, 0.717) is 0 Å². The molecule has 2 nitrogen and oxygen atoms in total. The molecule has 17 heavy (non-hydrogen) atoms. The summed E-state index contributed by atoms with van der Waals surface area (Å²) in [6, 6.07) is 9.19. The first kappa shape index (κ1) is 12.3. The van der Waals surface area contributed by atoms with Crippen LogP contribution in [0.25, 0.3) is 0 Å². The molecule has 1 aromatic carbocycles. The summed E-state index contributed by atoms with van der Waals surface area (Å²) in [5.41, 5.74) is 1.34. The van der Waals surface area contributed by atoms with Gasteiger partial charge < -0.3 is 9.64 Å². The van der Waals surface area contributed by atoms with Gasteiger partial charge in [-0.1, -0.05) is 13.8 Å². The normalized spacial score (nSPS) is 20.0.